The van der Waals surface area contributed by atoms with Crippen LogP contribution < -0.4 is 4.72 Å². The van der Waals surface area contributed by atoms with Crippen LogP contribution in [0.4, 0.5) is 0 Å². The maximum absolute atomic E-state index is 12.2. The van der Waals surface area contributed by atoms with Gasteiger partial charge in [-0.2, -0.15) is 0 Å². The van der Waals surface area contributed by atoms with Gasteiger partial charge in [-0.3, -0.25) is 0 Å². The zero-order valence-corrected chi connectivity index (χ0v) is 12.5. The van der Waals surface area contributed by atoms with E-state index in [1.165, 1.54) is 25.1 Å². The van der Waals surface area contributed by atoms with Gasteiger partial charge in [0.25, 0.3) is 0 Å². The molecule has 0 fully saturated rings. The van der Waals surface area contributed by atoms with Crippen molar-refractivity contribution in [2.24, 2.45) is 5.92 Å². The van der Waals surface area contributed by atoms with Crippen LogP contribution in [0.15, 0.2) is 23.1 Å². The van der Waals surface area contributed by atoms with Gasteiger partial charge >= 0.3 is 5.97 Å². The number of hydrogen-bond acceptors (Lipinski definition) is 4. The van der Waals surface area contributed by atoms with Crippen molar-refractivity contribution in [2.45, 2.75) is 18.7 Å². The van der Waals surface area contributed by atoms with Crippen LogP contribution in [0, 0.1) is 12.8 Å². The highest BCUT2D eigenvalue weighted by Gasteiger charge is 2.20. The molecular formula is C13H19NO5S. The van der Waals surface area contributed by atoms with Gasteiger partial charge in [0.05, 0.1) is 10.5 Å². The molecule has 0 aliphatic carbocycles. The van der Waals surface area contributed by atoms with E-state index in [9.17, 15) is 13.2 Å². The predicted octanol–water partition coefficient (Wildman–Crippen LogP) is 1.25. The molecule has 0 aliphatic heterocycles. The average Bonchev–Trinajstić information content (AvgIpc) is 2.36. The van der Waals surface area contributed by atoms with Crippen LogP contribution in [0.3, 0.4) is 0 Å². The largest absolute Gasteiger partial charge is 0.478 e. The van der Waals surface area contributed by atoms with E-state index in [0.29, 0.717) is 6.61 Å². The number of carboxylic acid groups (broad SMARTS) is 1. The van der Waals surface area contributed by atoms with Crippen molar-refractivity contribution < 1.29 is 23.1 Å². The number of aromatic carboxylic acids is 1. The van der Waals surface area contributed by atoms with Crippen molar-refractivity contribution in [2.75, 3.05) is 20.3 Å². The van der Waals surface area contributed by atoms with Crippen LogP contribution in [0.1, 0.15) is 22.8 Å². The third kappa shape index (κ3) is 4.03. The molecule has 2 N–H and O–H groups in total. The molecule has 0 saturated carbocycles. The molecule has 0 radical (unpaired) electrons. The Hall–Kier alpha value is -1.44. The van der Waals surface area contributed by atoms with Crippen molar-refractivity contribution in [3.8, 4) is 0 Å². The van der Waals surface area contributed by atoms with Gasteiger partial charge in [-0.15, -0.1) is 0 Å². The molecule has 0 spiro atoms. The second-order valence-electron chi connectivity index (χ2n) is 4.65. The fraction of sp³-hybridized carbons (Fsp3) is 0.462. The third-order valence-corrected chi connectivity index (χ3v) is 4.45. The van der Waals surface area contributed by atoms with E-state index < -0.39 is 16.0 Å². The molecule has 0 saturated heterocycles. The Morgan fingerprint density at radius 3 is 2.65 bits per heavy atom. The van der Waals surface area contributed by atoms with Crippen molar-refractivity contribution in [1.29, 1.82) is 0 Å². The average molecular weight is 301 g/mol. The van der Waals surface area contributed by atoms with Crippen LogP contribution in [0.5, 0.6) is 0 Å². The number of methoxy groups -OCH3 is 1. The standard InChI is InChI=1S/C13H19NO5S/c1-9(8-19-3)7-14-20(17,18)12-6-4-5-11(10(12)2)13(15)16/h4-6,9,14H,7-8H2,1-3H3,(H,15,16). The monoisotopic (exact) mass is 301 g/mol. The first-order chi connectivity index (χ1) is 9.29. The van der Waals surface area contributed by atoms with Crippen molar-refractivity contribution in [3.05, 3.63) is 29.3 Å². The van der Waals surface area contributed by atoms with E-state index in [2.05, 4.69) is 4.72 Å². The van der Waals surface area contributed by atoms with Gasteiger partial charge in [0, 0.05) is 20.3 Å². The lowest BCUT2D eigenvalue weighted by Crippen LogP contribution is -2.30. The topological polar surface area (TPSA) is 92.7 Å². The van der Waals surface area contributed by atoms with E-state index in [4.69, 9.17) is 9.84 Å². The summed E-state index contributed by atoms with van der Waals surface area (Å²) in [6, 6.07) is 4.19. The summed E-state index contributed by atoms with van der Waals surface area (Å²) >= 11 is 0. The molecule has 7 heteroatoms. The number of carbonyl (C=O) groups is 1. The Bertz CT molecular complexity index is 582. The van der Waals surface area contributed by atoms with Crippen molar-refractivity contribution >= 4 is 16.0 Å². The lowest BCUT2D eigenvalue weighted by atomic mass is 10.1. The summed E-state index contributed by atoms with van der Waals surface area (Å²) in [5, 5.41) is 9.01. The molecule has 20 heavy (non-hydrogen) atoms. The zero-order valence-electron chi connectivity index (χ0n) is 11.7. The molecule has 1 unspecified atom stereocenters. The van der Waals surface area contributed by atoms with E-state index in [0.717, 1.165) is 0 Å². The van der Waals surface area contributed by atoms with Crippen molar-refractivity contribution in [1.82, 2.24) is 4.72 Å². The quantitative estimate of drug-likeness (QED) is 0.791. The smallest absolute Gasteiger partial charge is 0.335 e. The van der Waals surface area contributed by atoms with Gasteiger partial charge in [-0.1, -0.05) is 13.0 Å². The van der Waals surface area contributed by atoms with Crippen molar-refractivity contribution in [3.63, 3.8) is 0 Å². The number of sulfonamides is 1. The Kier molecular flexibility index (Phi) is 5.67. The Morgan fingerprint density at radius 2 is 2.10 bits per heavy atom. The number of carboxylic acids is 1. The van der Waals surface area contributed by atoms with Gasteiger partial charge in [0.15, 0.2) is 0 Å². The summed E-state index contributed by atoms with van der Waals surface area (Å²) in [5.41, 5.74) is 0.213. The van der Waals surface area contributed by atoms with Gasteiger partial charge in [-0.25, -0.2) is 17.9 Å². The van der Waals surface area contributed by atoms with Gasteiger partial charge in [-0.05, 0) is 30.5 Å². The normalized spacial score (nSPS) is 13.2. The molecule has 0 aliphatic rings. The Balaban J connectivity index is 2.99. The van der Waals surface area contributed by atoms with Gasteiger partial charge < -0.3 is 9.84 Å². The van der Waals surface area contributed by atoms with E-state index >= 15 is 0 Å². The first kappa shape index (κ1) is 16.6. The van der Waals surface area contributed by atoms with E-state index in [-0.39, 0.29) is 28.5 Å². The molecule has 0 bridgehead atoms. The summed E-state index contributed by atoms with van der Waals surface area (Å²) in [7, 11) is -2.18. The highest BCUT2D eigenvalue weighted by atomic mass is 32.2. The lowest BCUT2D eigenvalue weighted by Gasteiger charge is -2.14. The highest BCUT2D eigenvalue weighted by molar-refractivity contribution is 7.89. The molecule has 112 valence electrons. The van der Waals surface area contributed by atoms with E-state index in [1.807, 2.05) is 6.92 Å². The van der Waals surface area contributed by atoms with Gasteiger partial charge in [0.2, 0.25) is 10.0 Å². The summed E-state index contributed by atoms with van der Waals surface area (Å²) in [5.74, 6) is -1.12. The second kappa shape index (κ2) is 6.83. The SMILES string of the molecule is COCC(C)CNS(=O)(=O)c1cccc(C(=O)O)c1C. The number of rotatable bonds is 7. The molecule has 1 atom stereocenters. The Labute approximate surface area is 118 Å². The van der Waals surface area contributed by atoms with Crippen LogP contribution in [0.2, 0.25) is 0 Å². The molecule has 1 aromatic rings. The molecule has 0 aromatic heterocycles. The summed E-state index contributed by atoms with van der Waals surface area (Å²) < 4.78 is 31.8. The fourth-order valence-electron chi connectivity index (χ4n) is 1.81. The van der Waals surface area contributed by atoms with Gasteiger partial charge in [0.1, 0.15) is 0 Å². The minimum atomic E-state index is -3.73. The maximum Gasteiger partial charge on any atom is 0.335 e. The molecule has 1 rings (SSSR count). The predicted molar refractivity (Wildman–Crippen MR) is 74.4 cm³/mol. The summed E-state index contributed by atoms with van der Waals surface area (Å²) in [6.45, 7) is 4.01. The zero-order chi connectivity index (χ0) is 15.3. The maximum atomic E-state index is 12.2. The number of benzene rings is 1. The third-order valence-electron chi connectivity index (χ3n) is 2.88. The molecule has 0 amide bonds. The number of ether oxygens (including phenoxy) is 1. The number of hydrogen-bond donors (Lipinski definition) is 2. The minimum Gasteiger partial charge on any atom is -0.478 e. The van der Waals surface area contributed by atoms with Crippen LogP contribution >= 0.6 is 0 Å². The summed E-state index contributed by atoms with van der Waals surface area (Å²) in [6.07, 6.45) is 0. The number of nitrogens with one attached hydrogen (secondary N) is 1. The molecule has 0 heterocycles. The fourth-order valence-corrected chi connectivity index (χ4v) is 3.24. The molecular weight excluding hydrogens is 282 g/mol. The summed E-state index contributed by atoms with van der Waals surface area (Å²) in [4.78, 5) is 11.0. The highest BCUT2D eigenvalue weighted by Crippen LogP contribution is 2.19. The van der Waals surface area contributed by atoms with E-state index in [1.54, 1.807) is 7.11 Å². The Morgan fingerprint density at radius 1 is 1.45 bits per heavy atom. The minimum absolute atomic E-state index is 0.0120. The van der Waals surface area contributed by atoms with Crippen LogP contribution in [0.25, 0.3) is 0 Å². The lowest BCUT2D eigenvalue weighted by molar-refractivity contribution is 0.0696. The first-order valence-electron chi connectivity index (χ1n) is 6.11. The molecule has 1 aromatic carbocycles. The van der Waals surface area contributed by atoms with Crippen LogP contribution in [-0.2, 0) is 14.8 Å². The second-order valence-corrected chi connectivity index (χ2v) is 6.38. The first-order valence-corrected chi connectivity index (χ1v) is 7.59. The molecule has 6 nitrogen and oxygen atoms in total. The van der Waals surface area contributed by atoms with Crippen LogP contribution in [-0.4, -0.2) is 39.8 Å².